The first-order valence-corrected chi connectivity index (χ1v) is 8.90. The molecule has 0 fully saturated rings. The minimum Gasteiger partial charge on any atom is -0.346 e. The average molecular weight is 356 g/mol. The molecule has 2 aromatic carbocycles. The van der Waals surface area contributed by atoms with Crippen molar-refractivity contribution in [2.45, 2.75) is 32.7 Å². The molecule has 0 saturated carbocycles. The minimum atomic E-state index is -0.147. The van der Waals surface area contributed by atoms with Gasteiger partial charge >= 0.3 is 0 Å². The fraction of sp³-hybridized carbons (Fsp3) is 0.300. The minimum absolute atomic E-state index is 0.000856. The van der Waals surface area contributed by atoms with Crippen molar-refractivity contribution in [3.63, 3.8) is 0 Å². The summed E-state index contributed by atoms with van der Waals surface area (Å²) in [4.78, 5) is 20.4. The van der Waals surface area contributed by atoms with E-state index in [0.717, 1.165) is 22.4 Å². The number of para-hydroxylation sites is 2. The van der Waals surface area contributed by atoms with Crippen molar-refractivity contribution >= 4 is 28.5 Å². The number of carbonyl (C=O) groups is 1. The number of rotatable bonds is 6. The predicted molar refractivity (Wildman–Crippen MR) is 102 cm³/mol. The maximum Gasteiger partial charge on any atom is 0.220 e. The van der Waals surface area contributed by atoms with E-state index in [9.17, 15) is 4.79 Å². The monoisotopic (exact) mass is 355 g/mol. The van der Waals surface area contributed by atoms with Crippen LogP contribution in [0.5, 0.6) is 0 Å². The van der Waals surface area contributed by atoms with Gasteiger partial charge in [0.2, 0.25) is 5.91 Å². The van der Waals surface area contributed by atoms with Gasteiger partial charge in [0.05, 0.1) is 17.1 Å². The SMILES string of the molecule is CC(C)C(NC(=O)CCc1ccccc1Cl)c1nc2ccccc2[nH]1. The lowest BCUT2D eigenvalue weighted by Crippen LogP contribution is -2.32. The average Bonchev–Trinajstić information content (AvgIpc) is 3.02. The van der Waals surface area contributed by atoms with Gasteiger partial charge in [0.15, 0.2) is 0 Å². The molecule has 2 N–H and O–H groups in total. The Morgan fingerprint density at radius 1 is 1.16 bits per heavy atom. The Morgan fingerprint density at radius 2 is 1.88 bits per heavy atom. The van der Waals surface area contributed by atoms with Crippen LogP contribution in [0.3, 0.4) is 0 Å². The van der Waals surface area contributed by atoms with Crippen LogP contribution in [0.1, 0.15) is 37.7 Å². The third-order valence-corrected chi connectivity index (χ3v) is 4.63. The van der Waals surface area contributed by atoms with E-state index in [4.69, 9.17) is 11.6 Å². The topological polar surface area (TPSA) is 57.8 Å². The number of imidazole rings is 1. The highest BCUT2D eigenvalue weighted by molar-refractivity contribution is 6.31. The number of nitrogens with zero attached hydrogens (tertiary/aromatic N) is 1. The van der Waals surface area contributed by atoms with Crippen molar-refractivity contribution in [2.24, 2.45) is 5.92 Å². The molecule has 0 aliphatic heterocycles. The molecule has 0 bridgehead atoms. The molecule has 0 spiro atoms. The first kappa shape index (κ1) is 17.5. The van der Waals surface area contributed by atoms with Gasteiger partial charge in [0, 0.05) is 11.4 Å². The zero-order chi connectivity index (χ0) is 17.8. The van der Waals surface area contributed by atoms with Crippen molar-refractivity contribution in [1.29, 1.82) is 0 Å². The molecule has 0 aliphatic carbocycles. The maximum absolute atomic E-state index is 12.4. The zero-order valence-corrected chi connectivity index (χ0v) is 15.2. The van der Waals surface area contributed by atoms with E-state index in [2.05, 4.69) is 29.1 Å². The molecule has 1 aromatic heterocycles. The molecule has 0 aliphatic rings. The first-order valence-electron chi connectivity index (χ1n) is 8.52. The summed E-state index contributed by atoms with van der Waals surface area (Å²) in [6, 6.07) is 15.4. The maximum atomic E-state index is 12.4. The lowest BCUT2D eigenvalue weighted by molar-refractivity contribution is -0.122. The Bertz CT molecular complexity index is 839. The van der Waals surface area contributed by atoms with Crippen molar-refractivity contribution in [3.05, 3.63) is 64.9 Å². The van der Waals surface area contributed by atoms with Crippen molar-refractivity contribution in [1.82, 2.24) is 15.3 Å². The number of amides is 1. The van der Waals surface area contributed by atoms with Gasteiger partial charge in [0.1, 0.15) is 5.82 Å². The van der Waals surface area contributed by atoms with Crippen LogP contribution in [-0.4, -0.2) is 15.9 Å². The molecule has 1 amide bonds. The second kappa shape index (κ2) is 7.70. The van der Waals surface area contributed by atoms with Crippen LogP contribution in [0.15, 0.2) is 48.5 Å². The summed E-state index contributed by atoms with van der Waals surface area (Å²) in [5.41, 5.74) is 2.88. The van der Waals surface area contributed by atoms with Crippen LogP contribution in [0.2, 0.25) is 5.02 Å². The number of halogens is 1. The van der Waals surface area contributed by atoms with Gasteiger partial charge < -0.3 is 10.3 Å². The molecule has 1 atom stereocenters. The highest BCUT2D eigenvalue weighted by Crippen LogP contribution is 2.23. The van der Waals surface area contributed by atoms with Crippen LogP contribution in [0.25, 0.3) is 11.0 Å². The highest BCUT2D eigenvalue weighted by Gasteiger charge is 2.21. The van der Waals surface area contributed by atoms with Crippen molar-refractivity contribution in [3.8, 4) is 0 Å². The Balaban J connectivity index is 1.69. The third kappa shape index (κ3) is 4.20. The largest absolute Gasteiger partial charge is 0.346 e. The number of aromatic amines is 1. The van der Waals surface area contributed by atoms with Gasteiger partial charge in [0.25, 0.3) is 0 Å². The summed E-state index contributed by atoms with van der Waals surface area (Å²) in [5.74, 6) is 1.02. The number of benzene rings is 2. The number of carbonyl (C=O) groups excluding carboxylic acids is 1. The van der Waals surface area contributed by atoms with E-state index >= 15 is 0 Å². The van der Waals surface area contributed by atoms with E-state index in [0.29, 0.717) is 17.9 Å². The molecule has 1 unspecified atom stereocenters. The Morgan fingerprint density at radius 3 is 2.60 bits per heavy atom. The molecule has 130 valence electrons. The number of aromatic nitrogens is 2. The van der Waals surface area contributed by atoms with Crippen LogP contribution in [0.4, 0.5) is 0 Å². The molecule has 25 heavy (non-hydrogen) atoms. The highest BCUT2D eigenvalue weighted by atomic mass is 35.5. The van der Waals surface area contributed by atoms with E-state index in [1.807, 2.05) is 48.5 Å². The lowest BCUT2D eigenvalue weighted by Gasteiger charge is -2.20. The van der Waals surface area contributed by atoms with Crippen molar-refractivity contribution in [2.75, 3.05) is 0 Å². The first-order chi connectivity index (χ1) is 12.0. The number of nitrogens with one attached hydrogen (secondary N) is 2. The Hall–Kier alpha value is -2.33. The predicted octanol–water partition coefficient (Wildman–Crippen LogP) is 4.66. The van der Waals surface area contributed by atoms with Gasteiger partial charge in [-0.15, -0.1) is 0 Å². The van der Waals surface area contributed by atoms with Crippen LogP contribution in [-0.2, 0) is 11.2 Å². The third-order valence-electron chi connectivity index (χ3n) is 4.26. The van der Waals surface area contributed by atoms with E-state index in [-0.39, 0.29) is 17.9 Å². The normalized spacial score (nSPS) is 12.5. The molecule has 3 rings (SSSR count). The standard InChI is InChI=1S/C20H22ClN3O/c1-13(2)19(20-22-16-9-5-6-10-17(16)23-20)24-18(25)12-11-14-7-3-4-8-15(14)21/h3-10,13,19H,11-12H2,1-2H3,(H,22,23)(H,24,25). The number of fused-ring (bicyclic) bond motifs is 1. The zero-order valence-electron chi connectivity index (χ0n) is 14.4. The Labute approximate surface area is 152 Å². The number of aryl methyl sites for hydroxylation is 1. The number of H-pyrrole nitrogens is 1. The summed E-state index contributed by atoms with van der Waals surface area (Å²) in [6.07, 6.45) is 1.02. The molecule has 4 nitrogen and oxygen atoms in total. The molecule has 3 aromatic rings. The lowest BCUT2D eigenvalue weighted by atomic mass is 10.0. The van der Waals surface area contributed by atoms with Crippen LogP contribution in [0, 0.1) is 5.92 Å². The molecular weight excluding hydrogens is 334 g/mol. The molecule has 0 saturated heterocycles. The number of hydrogen-bond donors (Lipinski definition) is 2. The molecule has 5 heteroatoms. The second-order valence-corrected chi connectivity index (χ2v) is 6.93. The molecule has 1 heterocycles. The second-order valence-electron chi connectivity index (χ2n) is 6.52. The summed E-state index contributed by atoms with van der Waals surface area (Å²) in [6.45, 7) is 4.15. The fourth-order valence-electron chi connectivity index (χ4n) is 2.87. The smallest absolute Gasteiger partial charge is 0.220 e. The molecular formula is C20H22ClN3O. The van der Waals surface area contributed by atoms with Crippen LogP contribution >= 0.6 is 11.6 Å². The summed E-state index contributed by atoms with van der Waals surface area (Å²) < 4.78 is 0. The van der Waals surface area contributed by atoms with Gasteiger partial charge in [-0.1, -0.05) is 55.8 Å². The Kier molecular flexibility index (Phi) is 5.39. The van der Waals surface area contributed by atoms with Gasteiger partial charge in [-0.2, -0.15) is 0 Å². The van der Waals surface area contributed by atoms with Gasteiger partial charge in [-0.05, 0) is 36.1 Å². The number of hydrogen-bond acceptors (Lipinski definition) is 2. The van der Waals surface area contributed by atoms with E-state index < -0.39 is 0 Å². The van der Waals surface area contributed by atoms with Crippen molar-refractivity contribution < 1.29 is 4.79 Å². The summed E-state index contributed by atoms with van der Waals surface area (Å²) in [5, 5.41) is 3.81. The van der Waals surface area contributed by atoms with E-state index in [1.165, 1.54) is 0 Å². The van der Waals surface area contributed by atoms with Gasteiger partial charge in [-0.3, -0.25) is 4.79 Å². The van der Waals surface area contributed by atoms with Crippen LogP contribution < -0.4 is 5.32 Å². The summed E-state index contributed by atoms with van der Waals surface area (Å²) >= 11 is 6.16. The van der Waals surface area contributed by atoms with E-state index in [1.54, 1.807) is 0 Å². The summed E-state index contributed by atoms with van der Waals surface area (Å²) in [7, 11) is 0. The quantitative estimate of drug-likeness (QED) is 0.675. The molecule has 0 radical (unpaired) electrons. The van der Waals surface area contributed by atoms with Gasteiger partial charge in [-0.25, -0.2) is 4.98 Å². The fourth-order valence-corrected chi connectivity index (χ4v) is 3.10.